The third-order valence-corrected chi connectivity index (χ3v) is 7.66. The van der Waals surface area contributed by atoms with E-state index in [4.69, 9.17) is 0 Å². The minimum atomic E-state index is -0.356. The van der Waals surface area contributed by atoms with Gasteiger partial charge in [0.25, 0.3) is 11.5 Å². The Hall–Kier alpha value is -2.50. The molecule has 4 aliphatic rings. The minimum Gasteiger partial charge on any atom is -0.267 e. The fourth-order valence-corrected chi connectivity index (χ4v) is 7.05. The fraction of sp³-hybridized carbons (Fsp3) is 0.600. The molecule has 1 amide bonds. The first-order valence-corrected chi connectivity index (χ1v) is 11.8. The molecule has 6 heteroatoms. The van der Waals surface area contributed by atoms with Crippen LogP contribution in [0.3, 0.4) is 0 Å². The Balaban J connectivity index is 1.36. The highest BCUT2D eigenvalue weighted by Gasteiger charge is 2.50. The molecule has 4 aliphatic carbocycles. The van der Waals surface area contributed by atoms with Crippen LogP contribution >= 0.6 is 0 Å². The van der Waals surface area contributed by atoms with E-state index in [0.29, 0.717) is 22.7 Å². The first kappa shape index (κ1) is 20.4. The van der Waals surface area contributed by atoms with Crippen molar-refractivity contribution >= 4 is 22.4 Å². The molecule has 164 valence electrons. The van der Waals surface area contributed by atoms with Crippen LogP contribution in [0.5, 0.6) is 0 Å². The highest BCUT2D eigenvalue weighted by atomic mass is 16.2. The van der Waals surface area contributed by atoms with E-state index in [-0.39, 0.29) is 17.2 Å². The van der Waals surface area contributed by atoms with E-state index >= 15 is 0 Å². The molecule has 1 aromatic heterocycles. The standard InChI is InChI=1S/C25H32N4O2/c1-3-8-29-24(31)21-7-5-4-6-20(21)22(28-29)23(30)27-26-16(2)12-25-13-17-9-18(14-25)11-19(10-17)15-25/h4-7,17-19H,3,8-15H2,1-2H3,(H,27,30)/b26-16-. The zero-order chi connectivity index (χ0) is 21.6. The predicted octanol–water partition coefficient (Wildman–Crippen LogP) is 4.52. The lowest BCUT2D eigenvalue weighted by molar-refractivity contribution is -0.0482. The second kappa shape index (κ2) is 7.88. The fourth-order valence-electron chi connectivity index (χ4n) is 7.05. The van der Waals surface area contributed by atoms with Crippen LogP contribution in [-0.2, 0) is 6.54 Å². The van der Waals surface area contributed by atoms with Crippen LogP contribution < -0.4 is 11.0 Å². The number of hydrogen-bond donors (Lipinski definition) is 1. The van der Waals surface area contributed by atoms with E-state index in [9.17, 15) is 9.59 Å². The van der Waals surface area contributed by atoms with Gasteiger partial charge in [0.2, 0.25) is 0 Å². The number of benzene rings is 1. The van der Waals surface area contributed by atoms with Crippen molar-refractivity contribution in [1.82, 2.24) is 15.2 Å². The van der Waals surface area contributed by atoms with Gasteiger partial charge < -0.3 is 0 Å². The van der Waals surface area contributed by atoms with Crippen molar-refractivity contribution in [2.24, 2.45) is 28.3 Å². The van der Waals surface area contributed by atoms with E-state index in [1.807, 2.05) is 26.0 Å². The number of hydrazone groups is 1. The molecule has 4 bridgehead atoms. The lowest BCUT2D eigenvalue weighted by atomic mass is 9.48. The number of aromatic nitrogens is 2. The second-order valence-electron chi connectivity index (χ2n) is 10.3. The quantitative estimate of drug-likeness (QED) is 0.551. The molecule has 1 heterocycles. The Morgan fingerprint density at radius 1 is 1.13 bits per heavy atom. The maximum absolute atomic E-state index is 13.0. The average Bonchev–Trinajstić information content (AvgIpc) is 2.73. The zero-order valence-electron chi connectivity index (χ0n) is 18.6. The number of nitrogens with zero attached hydrogens (tertiary/aromatic N) is 3. The van der Waals surface area contributed by atoms with Gasteiger partial charge >= 0.3 is 0 Å². The summed E-state index contributed by atoms with van der Waals surface area (Å²) in [5.41, 5.74) is 4.22. The third kappa shape index (κ3) is 3.81. The molecular formula is C25H32N4O2. The van der Waals surface area contributed by atoms with Crippen LogP contribution in [0.25, 0.3) is 10.8 Å². The number of nitrogens with one attached hydrogen (secondary N) is 1. The van der Waals surface area contributed by atoms with Gasteiger partial charge in [-0.1, -0.05) is 25.1 Å². The van der Waals surface area contributed by atoms with Gasteiger partial charge in [-0.25, -0.2) is 10.1 Å². The van der Waals surface area contributed by atoms with Crippen LogP contribution in [0.4, 0.5) is 0 Å². The summed E-state index contributed by atoms with van der Waals surface area (Å²) in [5.74, 6) is 2.36. The van der Waals surface area contributed by atoms with E-state index in [1.54, 1.807) is 12.1 Å². The van der Waals surface area contributed by atoms with Gasteiger partial charge in [0, 0.05) is 17.6 Å². The maximum Gasteiger partial charge on any atom is 0.292 e. The van der Waals surface area contributed by atoms with Crippen LogP contribution in [0.2, 0.25) is 0 Å². The molecule has 1 N–H and O–H groups in total. The molecule has 0 spiro atoms. The Morgan fingerprint density at radius 2 is 1.74 bits per heavy atom. The Morgan fingerprint density at radius 3 is 2.35 bits per heavy atom. The van der Waals surface area contributed by atoms with E-state index in [1.165, 1.54) is 43.2 Å². The third-order valence-electron chi connectivity index (χ3n) is 7.66. The summed E-state index contributed by atoms with van der Waals surface area (Å²) in [6, 6.07) is 7.17. The normalized spacial score (nSPS) is 29.5. The van der Waals surface area contributed by atoms with Crippen LogP contribution in [0, 0.1) is 23.2 Å². The Kier molecular flexibility index (Phi) is 5.19. The molecule has 0 radical (unpaired) electrons. The summed E-state index contributed by atoms with van der Waals surface area (Å²) in [6.45, 7) is 4.50. The number of fused-ring (bicyclic) bond motifs is 1. The van der Waals surface area contributed by atoms with E-state index in [0.717, 1.165) is 36.3 Å². The molecule has 4 saturated carbocycles. The van der Waals surface area contributed by atoms with Crippen molar-refractivity contribution in [2.75, 3.05) is 0 Å². The number of carbonyl (C=O) groups is 1. The molecule has 31 heavy (non-hydrogen) atoms. The highest BCUT2D eigenvalue weighted by molar-refractivity contribution is 6.05. The zero-order valence-corrected chi connectivity index (χ0v) is 18.6. The topological polar surface area (TPSA) is 76.3 Å². The number of carbonyl (C=O) groups excluding carboxylic acids is 1. The van der Waals surface area contributed by atoms with Crippen molar-refractivity contribution in [1.29, 1.82) is 0 Å². The number of hydrogen-bond acceptors (Lipinski definition) is 4. The van der Waals surface area contributed by atoms with Crippen molar-refractivity contribution in [3.8, 4) is 0 Å². The van der Waals surface area contributed by atoms with Crippen LogP contribution in [0.15, 0.2) is 34.2 Å². The Labute approximate surface area is 183 Å². The van der Waals surface area contributed by atoms with E-state index in [2.05, 4.69) is 15.6 Å². The first-order valence-electron chi connectivity index (χ1n) is 11.8. The average molecular weight is 421 g/mol. The lowest BCUT2D eigenvalue weighted by Crippen LogP contribution is -2.46. The summed E-state index contributed by atoms with van der Waals surface area (Å²) in [5, 5.41) is 9.94. The number of amides is 1. The van der Waals surface area contributed by atoms with Crippen molar-refractivity contribution < 1.29 is 4.79 Å². The van der Waals surface area contributed by atoms with Crippen molar-refractivity contribution in [2.45, 2.75) is 71.8 Å². The molecule has 0 saturated heterocycles. The smallest absolute Gasteiger partial charge is 0.267 e. The summed E-state index contributed by atoms with van der Waals surface area (Å²) < 4.78 is 1.39. The molecule has 6 nitrogen and oxygen atoms in total. The van der Waals surface area contributed by atoms with Gasteiger partial charge in [0.05, 0.1) is 5.39 Å². The molecular weight excluding hydrogens is 388 g/mol. The molecule has 4 fully saturated rings. The van der Waals surface area contributed by atoms with Gasteiger partial charge in [-0.3, -0.25) is 9.59 Å². The lowest BCUT2D eigenvalue weighted by Gasteiger charge is -2.57. The summed E-state index contributed by atoms with van der Waals surface area (Å²) in [7, 11) is 0. The maximum atomic E-state index is 13.0. The van der Waals surface area contributed by atoms with Gasteiger partial charge in [-0.2, -0.15) is 10.2 Å². The molecule has 0 atom stereocenters. The van der Waals surface area contributed by atoms with Gasteiger partial charge in [0.1, 0.15) is 0 Å². The first-order chi connectivity index (χ1) is 15.0. The van der Waals surface area contributed by atoms with Crippen molar-refractivity contribution in [3.05, 3.63) is 40.3 Å². The number of rotatable bonds is 6. The highest BCUT2D eigenvalue weighted by Crippen LogP contribution is 2.61. The second-order valence-corrected chi connectivity index (χ2v) is 10.3. The molecule has 1 aromatic carbocycles. The van der Waals surface area contributed by atoms with Gasteiger partial charge in [-0.05, 0) is 87.5 Å². The summed E-state index contributed by atoms with van der Waals surface area (Å²) >= 11 is 0. The van der Waals surface area contributed by atoms with Gasteiger partial charge in [-0.15, -0.1) is 0 Å². The Bertz CT molecular complexity index is 1070. The SMILES string of the molecule is CCCn1nc(C(=O)N/N=C(/C)CC23CC4CC(CC(C4)C2)C3)c2ccccc2c1=O. The summed E-state index contributed by atoms with van der Waals surface area (Å²) in [4.78, 5) is 25.7. The van der Waals surface area contributed by atoms with Crippen LogP contribution in [0.1, 0.15) is 75.7 Å². The minimum absolute atomic E-state index is 0.157. The molecule has 2 aromatic rings. The summed E-state index contributed by atoms with van der Waals surface area (Å²) in [6.07, 6.45) is 10.0. The van der Waals surface area contributed by atoms with E-state index < -0.39 is 0 Å². The van der Waals surface area contributed by atoms with Crippen LogP contribution in [-0.4, -0.2) is 21.4 Å². The molecule has 0 unspecified atom stereocenters. The van der Waals surface area contributed by atoms with Gasteiger partial charge in [0.15, 0.2) is 5.69 Å². The monoisotopic (exact) mass is 420 g/mol. The largest absolute Gasteiger partial charge is 0.292 e. The predicted molar refractivity (Wildman–Crippen MR) is 122 cm³/mol. The molecule has 0 aliphatic heterocycles. The molecule has 6 rings (SSSR count). The van der Waals surface area contributed by atoms with Crippen molar-refractivity contribution in [3.63, 3.8) is 0 Å². The number of aryl methyl sites for hydroxylation is 1.